The predicted octanol–water partition coefficient (Wildman–Crippen LogP) is 4.42. The Labute approximate surface area is 168 Å². The van der Waals surface area contributed by atoms with Gasteiger partial charge < -0.3 is 9.42 Å². The molecule has 1 amide bonds. The van der Waals surface area contributed by atoms with Crippen LogP contribution in [0.3, 0.4) is 0 Å². The van der Waals surface area contributed by atoms with Crippen LogP contribution in [0.5, 0.6) is 0 Å². The van der Waals surface area contributed by atoms with Crippen LogP contribution in [-0.4, -0.2) is 28.3 Å². The Morgan fingerprint density at radius 1 is 1.03 bits per heavy atom. The van der Waals surface area contributed by atoms with E-state index in [9.17, 15) is 14.0 Å². The number of hydrogen-bond acceptors (Lipinski definition) is 4. The molecule has 0 fully saturated rings. The lowest BCUT2D eigenvalue weighted by Gasteiger charge is -2.26. The Balaban J connectivity index is 1.33. The summed E-state index contributed by atoms with van der Waals surface area (Å²) in [6.45, 7) is 0.972. The van der Waals surface area contributed by atoms with Gasteiger partial charge in [-0.3, -0.25) is 9.59 Å². The standard InChI is InChI=1S/C23H21FN2O3/c24-18-11-9-17(10-12-18)23-19-13-14-26(15-20(19)25-29-23)22(28)8-4-7-21(27)16-5-2-1-3-6-16/h1-3,5-6,9-12H,4,7-8,13-15H2. The zero-order valence-corrected chi connectivity index (χ0v) is 15.9. The van der Waals surface area contributed by atoms with Crippen molar-refractivity contribution in [1.29, 1.82) is 0 Å². The summed E-state index contributed by atoms with van der Waals surface area (Å²) in [5.41, 5.74) is 3.17. The molecule has 0 saturated carbocycles. The van der Waals surface area contributed by atoms with E-state index in [-0.39, 0.29) is 17.5 Å². The van der Waals surface area contributed by atoms with Gasteiger partial charge in [-0.25, -0.2) is 4.39 Å². The molecule has 4 rings (SSSR count). The van der Waals surface area contributed by atoms with Crippen molar-refractivity contribution in [2.45, 2.75) is 32.2 Å². The number of ketones is 1. The van der Waals surface area contributed by atoms with Crippen LogP contribution in [0.2, 0.25) is 0 Å². The van der Waals surface area contributed by atoms with E-state index in [1.165, 1.54) is 12.1 Å². The Kier molecular flexibility index (Phi) is 5.51. The van der Waals surface area contributed by atoms with Crippen molar-refractivity contribution in [3.8, 4) is 11.3 Å². The molecule has 1 aliphatic heterocycles. The first-order valence-electron chi connectivity index (χ1n) is 9.71. The van der Waals surface area contributed by atoms with E-state index in [0.717, 1.165) is 16.8 Å². The molecule has 0 bridgehead atoms. The van der Waals surface area contributed by atoms with Crippen LogP contribution in [0.15, 0.2) is 59.1 Å². The minimum Gasteiger partial charge on any atom is -0.356 e. The first-order chi connectivity index (χ1) is 14.1. The zero-order chi connectivity index (χ0) is 20.2. The minimum atomic E-state index is -0.301. The summed E-state index contributed by atoms with van der Waals surface area (Å²) in [6, 6.07) is 15.2. The molecule has 0 N–H and O–H groups in total. The number of amides is 1. The minimum absolute atomic E-state index is 0.0165. The fraction of sp³-hybridized carbons (Fsp3) is 0.261. The molecule has 0 atom stereocenters. The lowest BCUT2D eigenvalue weighted by atomic mass is 10.00. The lowest BCUT2D eigenvalue weighted by Crippen LogP contribution is -2.35. The van der Waals surface area contributed by atoms with Gasteiger partial charge in [-0.2, -0.15) is 0 Å². The number of benzene rings is 2. The number of fused-ring (bicyclic) bond motifs is 1. The van der Waals surface area contributed by atoms with Crippen LogP contribution in [0, 0.1) is 5.82 Å². The van der Waals surface area contributed by atoms with Crippen LogP contribution in [0.4, 0.5) is 4.39 Å². The molecule has 0 unspecified atom stereocenters. The average Bonchev–Trinajstić information content (AvgIpc) is 3.18. The first kappa shape index (κ1) is 19.1. The summed E-state index contributed by atoms with van der Waals surface area (Å²) < 4.78 is 18.6. The van der Waals surface area contributed by atoms with Crippen LogP contribution < -0.4 is 0 Å². The molecular weight excluding hydrogens is 371 g/mol. The third kappa shape index (κ3) is 4.26. The Bertz CT molecular complexity index is 1010. The van der Waals surface area contributed by atoms with E-state index in [1.54, 1.807) is 29.2 Å². The van der Waals surface area contributed by atoms with E-state index in [0.29, 0.717) is 50.1 Å². The van der Waals surface area contributed by atoms with Gasteiger partial charge in [-0.15, -0.1) is 0 Å². The Morgan fingerprint density at radius 2 is 1.79 bits per heavy atom. The predicted molar refractivity (Wildman–Crippen MR) is 106 cm³/mol. The van der Waals surface area contributed by atoms with E-state index in [2.05, 4.69) is 5.16 Å². The van der Waals surface area contributed by atoms with Gasteiger partial charge in [0.05, 0.1) is 6.54 Å². The number of Topliss-reactive ketones (excluding diaryl/α,β-unsaturated/α-hetero) is 1. The molecule has 1 aliphatic rings. The van der Waals surface area contributed by atoms with Gasteiger partial charge in [0.2, 0.25) is 5.91 Å². The zero-order valence-electron chi connectivity index (χ0n) is 15.9. The third-order valence-corrected chi connectivity index (χ3v) is 5.19. The van der Waals surface area contributed by atoms with Crippen molar-refractivity contribution in [2.24, 2.45) is 0 Å². The molecule has 0 radical (unpaired) electrons. The molecular formula is C23H21FN2O3. The molecule has 148 valence electrons. The normalized spacial score (nSPS) is 13.2. The van der Waals surface area contributed by atoms with Crippen molar-refractivity contribution in [2.75, 3.05) is 6.54 Å². The van der Waals surface area contributed by atoms with Gasteiger partial charge in [0.1, 0.15) is 11.5 Å². The quantitative estimate of drug-likeness (QED) is 0.583. The van der Waals surface area contributed by atoms with E-state index in [4.69, 9.17) is 4.52 Å². The Morgan fingerprint density at radius 3 is 2.55 bits per heavy atom. The van der Waals surface area contributed by atoms with Gasteiger partial charge in [-0.05, 0) is 37.1 Å². The van der Waals surface area contributed by atoms with Gasteiger partial charge in [-0.1, -0.05) is 35.5 Å². The first-order valence-corrected chi connectivity index (χ1v) is 9.71. The monoisotopic (exact) mass is 392 g/mol. The van der Waals surface area contributed by atoms with Crippen LogP contribution in [0.25, 0.3) is 11.3 Å². The smallest absolute Gasteiger partial charge is 0.222 e. The maximum atomic E-state index is 13.1. The number of carbonyl (C=O) groups excluding carboxylic acids is 2. The molecule has 3 aromatic rings. The van der Waals surface area contributed by atoms with E-state index in [1.807, 2.05) is 18.2 Å². The second-order valence-electron chi connectivity index (χ2n) is 7.15. The molecule has 2 heterocycles. The molecule has 29 heavy (non-hydrogen) atoms. The summed E-state index contributed by atoms with van der Waals surface area (Å²) in [5.74, 6) is 0.410. The highest BCUT2D eigenvalue weighted by atomic mass is 19.1. The highest BCUT2D eigenvalue weighted by Gasteiger charge is 2.27. The maximum absolute atomic E-state index is 13.1. The third-order valence-electron chi connectivity index (χ3n) is 5.19. The van der Waals surface area contributed by atoms with Gasteiger partial charge in [0.25, 0.3) is 0 Å². The largest absolute Gasteiger partial charge is 0.356 e. The van der Waals surface area contributed by atoms with Crippen molar-refractivity contribution >= 4 is 11.7 Å². The summed E-state index contributed by atoms with van der Waals surface area (Å²) in [5, 5.41) is 4.12. The molecule has 2 aromatic carbocycles. The van der Waals surface area contributed by atoms with Crippen molar-refractivity contribution < 1.29 is 18.5 Å². The number of carbonyl (C=O) groups is 2. The Hall–Kier alpha value is -3.28. The molecule has 0 aliphatic carbocycles. The van der Waals surface area contributed by atoms with Crippen LogP contribution in [0.1, 0.15) is 40.9 Å². The number of nitrogens with zero attached hydrogens (tertiary/aromatic N) is 2. The summed E-state index contributed by atoms with van der Waals surface area (Å²) in [6.07, 6.45) is 1.85. The van der Waals surface area contributed by atoms with E-state index >= 15 is 0 Å². The second kappa shape index (κ2) is 8.39. The molecule has 0 saturated heterocycles. The second-order valence-corrected chi connectivity index (χ2v) is 7.15. The van der Waals surface area contributed by atoms with Crippen molar-refractivity contribution in [3.63, 3.8) is 0 Å². The molecule has 6 heteroatoms. The van der Waals surface area contributed by atoms with E-state index < -0.39 is 0 Å². The lowest BCUT2D eigenvalue weighted by molar-refractivity contribution is -0.132. The fourth-order valence-corrected chi connectivity index (χ4v) is 3.60. The number of halogens is 1. The van der Waals surface area contributed by atoms with Gasteiger partial charge in [0, 0.05) is 36.1 Å². The maximum Gasteiger partial charge on any atom is 0.222 e. The van der Waals surface area contributed by atoms with Crippen molar-refractivity contribution in [3.05, 3.63) is 77.2 Å². The van der Waals surface area contributed by atoms with Gasteiger partial charge >= 0.3 is 0 Å². The number of aromatic nitrogens is 1. The SMILES string of the molecule is O=C(CCCC(=O)N1CCc2c(noc2-c2ccc(F)cc2)C1)c1ccccc1. The highest BCUT2D eigenvalue weighted by Crippen LogP contribution is 2.30. The summed E-state index contributed by atoms with van der Waals surface area (Å²) in [4.78, 5) is 26.5. The number of rotatable bonds is 6. The van der Waals surface area contributed by atoms with Crippen LogP contribution >= 0.6 is 0 Å². The highest BCUT2D eigenvalue weighted by molar-refractivity contribution is 5.96. The fourth-order valence-electron chi connectivity index (χ4n) is 3.60. The number of hydrogen-bond donors (Lipinski definition) is 0. The van der Waals surface area contributed by atoms with Crippen molar-refractivity contribution in [1.82, 2.24) is 10.1 Å². The summed E-state index contributed by atoms with van der Waals surface area (Å²) in [7, 11) is 0. The average molecular weight is 392 g/mol. The van der Waals surface area contributed by atoms with Crippen LogP contribution in [-0.2, 0) is 17.8 Å². The molecule has 5 nitrogen and oxygen atoms in total. The van der Waals surface area contributed by atoms with Gasteiger partial charge in [0.15, 0.2) is 11.5 Å². The molecule has 1 aromatic heterocycles. The summed E-state index contributed by atoms with van der Waals surface area (Å²) >= 11 is 0. The topological polar surface area (TPSA) is 63.4 Å². The molecule has 0 spiro atoms.